The van der Waals surface area contributed by atoms with Crippen LogP contribution >= 0.6 is 0 Å². The summed E-state index contributed by atoms with van der Waals surface area (Å²) < 4.78 is 0. The van der Waals surface area contributed by atoms with E-state index in [-0.39, 0.29) is 83.1 Å². The van der Waals surface area contributed by atoms with Crippen molar-refractivity contribution in [2.75, 3.05) is 0 Å². The molecule has 0 aromatic heterocycles. The molecule has 0 saturated heterocycles. The minimum Gasteiger partial charge on any atom is -0.0149 e. The van der Waals surface area contributed by atoms with Gasteiger partial charge in [0.15, 0.2) is 0 Å². The smallest absolute Gasteiger partial charge is 0 e. The topological polar surface area (TPSA) is 0 Å². The largest absolute Gasteiger partial charge is 0.0149 e. The Balaban J connectivity index is 0. The molecule has 0 aromatic rings. The average Bonchev–Trinajstić information content (AvgIpc) is 0. The Morgan fingerprint density at radius 1 is 1.00 bits per heavy atom. The molecule has 4 heavy (non-hydrogen) atoms. The molecule has 0 saturated carbocycles. The van der Waals surface area contributed by atoms with Crippen LogP contribution in [0.3, 0.4) is 0 Å². The number of hydrogen-bond acceptors (Lipinski definition) is 0. The van der Waals surface area contributed by atoms with E-state index in [2.05, 4.69) is 0 Å². The number of hydrogen-bond donors (Lipinski definition) is 0. The van der Waals surface area contributed by atoms with Crippen molar-refractivity contribution < 1.29 is 72.1 Å². The third-order valence-corrected chi connectivity index (χ3v) is 0. The van der Waals surface area contributed by atoms with E-state index in [0.717, 1.165) is 0 Å². The molecule has 0 atom stereocenters. The predicted octanol–water partition coefficient (Wildman–Crippen LogP) is -1.46. The van der Waals surface area contributed by atoms with Crippen LogP contribution in [0.5, 0.6) is 0 Å². The van der Waals surface area contributed by atoms with Gasteiger partial charge in [-0.15, -0.1) is 0 Å². The number of rotatable bonds is 0. The summed E-state index contributed by atoms with van der Waals surface area (Å²) >= 11 is 0. The molecule has 0 aromatic carbocycles. The molecule has 24 valence electrons. The minimum atomic E-state index is 0. The first-order valence-corrected chi connectivity index (χ1v) is 0. The zero-order chi connectivity index (χ0) is 0. The molecule has 0 rings (SSSR count). The molecule has 0 N–H and O–H groups in total. The Bertz CT molecular complexity index is 8.00. The maximum Gasteiger partial charge on any atom is 0 e. The summed E-state index contributed by atoms with van der Waals surface area (Å²) in [4.78, 5) is 0. The maximum absolute atomic E-state index is 0. The summed E-state index contributed by atoms with van der Waals surface area (Å²) in [6, 6.07) is 0. The summed E-state index contributed by atoms with van der Waals surface area (Å²) in [5, 5.41) is 0. The Hall–Kier alpha value is 2.55. The van der Waals surface area contributed by atoms with Crippen molar-refractivity contribution in [1.82, 2.24) is 0 Å². The second-order valence-corrected chi connectivity index (χ2v) is 0. The summed E-state index contributed by atoms with van der Waals surface area (Å²) in [6.07, 6.45) is 0. The van der Waals surface area contributed by atoms with Crippen molar-refractivity contribution in [1.29, 1.82) is 0 Å². The SMILES string of the molecule is [Cu].[La].[SiH4].[Zn]. The molecule has 0 spiro atoms. The normalized spacial score (nSPS) is 0. The van der Waals surface area contributed by atoms with Crippen LogP contribution in [0.2, 0.25) is 0 Å². The Labute approximate surface area is 81.7 Å². The van der Waals surface area contributed by atoms with E-state index in [1.807, 2.05) is 0 Å². The molecule has 0 unspecified atom stereocenters. The van der Waals surface area contributed by atoms with E-state index >= 15 is 0 Å². The fraction of sp³-hybridized carbons (Fsp3) is 0. The van der Waals surface area contributed by atoms with Crippen molar-refractivity contribution in [2.24, 2.45) is 0 Å². The van der Waals surface area contributed by atoms with Gasteiger partial charge < -0.3 is 0 Å². The molecule has 0 aliphatic rings. The van der Waals surface area contributed by atoms with Gasteiger partial charge in [0.05, 0.1) is 0 Å². The first kappa shape index (κ1) is 31.0. The van der Waals surface area contributed by atoms with Gasteiger partial charge in [0.1, 0.15) is 0 Å². The summed E-state index contributed by atoms with van der Waals surface area (Å²) in [5.41, 5.74) is 0. The molecule has 0 nitrogen and oxygen atoms in total. The van der Waals surface area contributed by atoms with Gasteiger partial charge in [0.25, 0.3) is 0 Å². The van der Waals surface area contributed by atoms with Gasteiger partial charge in [0.2, 0.25) is 0 Å². The molecule has 0 aliphatic carbocycles. The van der Waals surface area contributed by atoms with E-state index < -0.39 is 0 Å². The molecule has 0 amide bonds. The van der Waals surface area contributed by atoms with Gasteiger partial charge >= 0.3 is 0 Å². The Kier molecular flexibility index (Phi) is 137. The monoisotopic (exact) mass is 298 g/mol. The van der Waals surface area contributed by atoms with Crippen LogP contribution in [0.4, 0.5) is 0 Å². The first-order valence-electron chi connectivity index (χ1n) is 0. The molecule has 0 bridgehead atoms. The van der Waals surface area contributed by atoms with E-state index in [1.165, 1.54) is 0 Å². The van der Waals surface area contributed by atoms with Crippen LogP contribution in [0.25, 0.3) is 0 Å². The van der Waals surface area contributed by atoms with Gasteiger partial charge in [-0.3, -0.25) is 0 Å². The fourth-order valence-electron chi connectivity index (χ4n) is 0. The standard InChI is InChI=1S/Cu.La.H4Si.Zn/h;;1H4;. The molecular formula is H4CuLaSiZn. The third kappa shape index (κ3) is 8.82. The molecular weight excluding hydrogens is 296 g/mol. The van der Waals surface area contributed by atoms with E-state index in [1.54, 1.807) is 0 Å². The zero-order valence-corrected chi connectivity index (χ0v) is 9.12. The van der Waals surface area contributed by atoms with Crippen molar-refractivity contribution in [3.05, 3.63) is 0 Å². The van der Waals surface area contributed by atoms with Crippen molar-refractivity contribution in [3.63, 3.8) is 0 Å². The van der Waals surface area contributed by atoms with Crippen molar-refractivity contribution >= 4 is 11.0 Å². The van der Waals surface area contributed by atoms with Gasteiger partial charge in [-0.05, 0) is 11.0 Å². The van der Waals surface area contributed by atoms with Crippen molar-refractivity contribution in [2.45, 2.75) is 0 Å². The van der Waals surface area contributed by atoms with Crippen LogP contribution in [0, 0.1) is 35.6 Å². The third-order valence-electron chi connectivity index (χ3n) is 0. The fourth-order valence-corrected chi connectivity index (χ4v) is 0. The van der Waals surface area contributed by atoms with Crippen LogP contribution in [0.15, 0.2) is 0 Å². The van der Waals surface area contributed by atoms with Gasteiger partial charge in [-0.25, -0.2) is 0 Å². The molecule has 0 fully saturated rings. The summed E-state index contributed by atoms with van der Waals surface area (Å²) in [7, 11) is 0. The van der Waals surface area contributed by atoms with Crippen LogP contribution in [0.1, 0.15) is 0 Å². The second kappa shape index (κ2) is 17.7. The maximum atomic E-state index is 0. The van der Waals surface area contributed by atoms with Gasteiger partial charge in [0, 0.05) is 72.1 Å². The average molecular weight is 300 g/mol. The Morgan fingerprint density at radius 2 is 1.00 bits per heavy atom. The van der Waals surface area contributed by atoms with E-state index in [9.17, 15) is 0 Å². The molecule has 4 heteroatoms. The van der Waals surface area contributed by atoms with Crippen molar-refractivity contribution in [3.8, 4) is 0 Å². The predicted molar refractivity (Wildman–Crippen MR) is 11.3 cm³/mol. The summed E-state index contributed by atoms with van der Waals surface area (Å²) in [5.74, 6) is 0. The van der Waals surface area contributed by atoms with Crippen LogP contribution < -0.4 is 0 Å². The Morgan fingerprint density at radius 3 is 1.00 bits per heavy atom. The van der Waals surface area contributed by atoms with Gasteiger partial charge in [-0.2, -0.15) is 0 Å². The minimum absolute atomic E-state index is 0. The molecule has 0 heterocycles. The van der Waals surface area contributed by atoms with E-state index in [0.29, 0.717) is 0 Å². The first-order chi connectivity index (χ1) is 0. The van der Waals surface area contributed by atoms with Crippen LogP contribution in [-0.2, 0) is 36.5 Å². The van der Waals surface area contributed by atoms with Gasteiger partial charge in [-0.1, -0.05) is 0 Å². The van der Waals surface area contributed by atoms with E-state index in [4.69, 9.17) is 0 Å². The molecule has 2 radical (unpaired) electrons. The van der Waals surface area contributed by atoms with Crippen LogP contribution in [-0.4, -0.2) is 11.0 Å². The molecule has 0 aliphatic heterocycles. The zero-order valence-electron chi connectivity index (χ0n) is 1.59. The summed E-state index contributed by atoms with van der Waals surface area (Å²) in [6.45, 7) is 0. The quantitative estimate of drug-likeness (QED) is 0.480. The second-order valence-electron chi connectivity index (χ2n) is 0.